The Morgan fingerprint density at radius 3 is 3.28 bits per heavy atom. The van der Waals surface area contributed by atoms with E-state index in [1.807, 2.05) is 18.7 Å². The molecule has 1 saturated heterocycles. The van der Waals surface area contributed by atoms with E-state index < -0.39 is 0 Å². The van der Waals surface area contributed by atoms with Crippen LogP contribution in [0.1, 0.15) is 25.0 Å². The second kappa shape index (κ2) is 6.80. The molecule has 0 aliphatic carbocycles. The van der Waals surface area contributed by atoms with Crippen LogP contribution < -0.4 is 10.6 Å². The molecule has 0 aromatic carbocycles. The minimum atomic E-state index is 0.0475. The summed E-state index contributed by atoms with van der Waals surface area (Å²) in [5, 5.41) is 6.18. The quantitative estimate of drug-likeness (QED) is 0.833. The highest BCUT2D eigenvalue weighted by molar-refractivity contribution is 7.99. The highest BCUT2D eigenvalue weighted by atomic mass is 32.2. The van der Waals surface area contributed by atoms with E-state index in [1.165, 1.54) is 0 Å². The van der Waals surface area contributed by atoms with E-state index in [0.29, 0.717) is 24.9 Å². The lowest BCUT2D eigenvalue weighted by molar-refractivity contribution is -0.121. The van der Waals surface area contributed by atoms with Crippen molar-refractivity contribution in [3.63, 3.8) is 0 Å². The topological polar surface area (TPSA) is 67.2 Å². The number of nitrogens with one attached hydrogen (secondary N) is 2. The van der Waals surface area contributed by atoms with Crippen molar-refractivity contribution in [2.45, 2.75) is 32.4 Å². The molecule has 18 heavy (non-hydrogen) atoms. The maximum atomic E-state index is 11.7. The van der Waals surface area contributed by atoms with Crippen LogP contribution in [0.15, 0.2) is 10.6 Å². The smallest absolute Gasteiger partial charge is 0.222 e. The number of carbonyl (C=O) groups is 1. The van der Waals surface area contributed by atoms with Crippen LogP contribution in [-0.2, 0) is 17.8 Å². The zero-order valence-electron chi connectivity index (χ0n) is 10.6. The van der Waals surface area contributed by atoms with Crippen LogP contribution in [0.4, 0.5) is 0 Å². The summed E-state index contributed by atoms with van der Waals surface area (Å²) in [4.78, 5) is 15.8. The predicted octanol–water partition coefficient (Wildman–Crippen LogP) is 0.948. The van der Waals surface area contributed by atoms with Gasteiger partial charge in [0.2, 0.25) is 11.8 Å². The summed E-state index contributed by atoms with van der Waals surface area (Å²) in [5.74, 6) is 3.61. The normalized spacial score (nSPS) is 19.7. The highest BCUT2D eigenvalue weighted by Gasteiger charge is 2.16. The summed E-state index contributed by atoms with van der Waals surface area (Å²) in [6, 6.07) is 0.291. The molecular weight excluding hydrogens is 250 g/mol. The van der Waals surface area contributed by atoms with E-state index >= 15 is 0 Å². The van der Waals surface area contributed by atoms with Gasteiger partial charge in [0.15, 0.2) is 0 Å². The Morgan fingerprint density at radius 1 is 1.72 bits per heavy atom. The van der Waals surface area contributed by atoms with Crippen LogP contribution in [0.5, 0.6) is 0 Å². The number of hydrogen-bond acceptors (Lipinski definition) is 5. The number of thioether (sulfide) groups is 1. The molecule has 1 atom stereocenters. The number of aryl methyl sites for hydroxylation is 1. The molecular formula is C12H19N3O2S. The minimum absolute atomic E-state index is 0.0475. The van der Waals surface area contributed by atoms with Gasteiger partial charge in [0.05, 0.1) is 12.7 Å². The van der Waals surface area contributed by atoms with E-state index in [1.54, 1.807) is 6.20 Å². The van der Waals surface area contributed by atoms with Gasteiger partial charge in [0, 0.05) is 36.9 Å². The summed E-state index contributed by atoms with van der Waals surface area (Å²) in [5.41, 5.74) is 0. The molecule has 1 unspecified atom stereocenters. The van der Waals surface area contributed by atoms with Gasteiger partial charge in [-0.15, -0.1) is 0 Å². The summed E-state index contributed by atoms with van der Waals surface area (Å²) >= 11 is 1.89. The van der Waals surface area contributed by atoms with Gasteiger partial charge in [-0.05, 0) is 0 Å². The molecule has 2 rings (SSSR count). The Morgan fingerprint density at radius 2 is 2.61 bits per heavy atom. The van der Waals surface area contributed by atoms with E-state index in [9.17, 15) is 4.79 Å². The zero-order chi connectivity index (χ0) is 12.8. The van der Waals surface area contributed by atoms with Crippen molar-refractivity contribution in [3.05, 3.63) is 17.8 Å². The summed E-state index contributed by atoms with van der Waals surface area (Å²) < 4.78 is 5.43. The third kappa shape index (κ3) is 4.03. The van der Waals surface area contributed by atoms with Crippen molar-refractivity contribution in [3.8, 4) is 0 Å². The molecule has 5 nitrogen and oxygen atoms in total. The standard InChI is InChI=1S/C12H19N3O2S/c1-2-10-6-15-12(17-10)7-14-11(16)5-9-8-18-4-3-13-9/h6,9,13H,2-5,7-8H2,1H3,(H,14,16). The molecule has 0 spiro atoms. The molecule has 1 amide bonds. The fraction of sp³-hybridized carbons (Fsp3) is 0.667. The fourth-order valence-electron chi connectivity index (χ4n) is 1.81. The predicted molar refractivity (Wildman–Crippen MR) is 71.5 cm³/mol. The van der Waals surface area contributed by atoms with E-state index in [4.69, 9.17) is 4.42 Å². The van der Waals surface area contributed by atoms with Crippen LogP contribution >= 0.6 is 11.8 Å². The molecule has 6 heteroatoms. The first-order valence-corrected chi connectivity index (χ1v) is 7.44. The number of amides is 1. The van der Waals surface area contributed by atoms with E-state index in [-0.39, 0.29) is 5.91 Å². The van der Waals surface area contributed by atoms with Crippen molar-refractivity contribution in [2.75, 3.05) is 18.1 Å². The lowest BCUT2D eigenvalue weighted by Crippen LogP contribution is -2.41. The molecule has 100 valence electrons. The summed E-state index contributed by atoms with van der Waals surface area (Å²) in [7, 11) is 0. The first-order valence-electron chi connectivity index (χ1n) is 6.29. The number of nitrogens with zero attached hydrogens (tertiary/aromatic N) is 1. The fourth-order valence-corrected chi connectivity index (χ4v) is 2.76. The average Bonchev–Trinajstić information content (AvgIpc) is 2.85. The van der Waals surface area contributed by atoms with E-state index in [2.05, 4.69) is 15.6 Å². The highest BCUT2D eigenvalue weighted by Crippen LogP contribution is 2.10. The lowest BCUT2D eigenvalue weighted by atomic mass is 10.2. The number of oxazole rings is 1. The van der Waals surface area contributed by atoms with Crippen molar-refractivity contribution >= 4 is 17.7 Å². The Hall–Kier alpha value is -1.01. The Kier molecular flexibility index (Phi) is 5.07. The van der Waals surface area contributed by atoms with Gasteiger partial charge in [-0.2, -0.15) is 11.8 Å². The molecule has 1 aliphatic heterocycles. The molecule has 1 aromatic heterocycles. The Labute approximate surface area is 111 Å². The van der Waals surface area contributed by atoms with Crippen LogP contribution in [0, 0.1) is 0 Å². The third-order valence-electron chi connectivity index (χ3n) is 2.82. The van der Waals surface area contributed by atoms with Gasteiger partial charge in [0.25, 0.3) is 0 Å². The molecule has 1 aromatic rings. The first kappa shape index (κ1) is 13.4. The SMILES string of the molecule is CCc1cnc(CNC(=O)CC2CSCCN2)o1. The lowest BCUT2D eigenvalue weighted by Gasteiger charge is -2.22. The molecule has 0 radical (unpaired) electrons. The van der Waals surface area contributed by atoms with Gasteiger partial charge in [-0.1, -0.05) is 6.92 Å². The number of hydrogen-bond donors (Lipinski definition) is 2. The second-order valence-corrected chi connectivity index (χ2v) is 5.43. The summed E-state index contributed by atoms with van der Waals surface area (Å²) in [6.07, 6.45) is 3.05. The van der Waals surface area contributed by atoms with Crippen molar-refractivity contribution in [2.24, 2.45) is 0 Å². The van der Waals surface area contributed by atoms with Crippen molar-refractivity contribution < 1.29 is 9.21 Å². The number of aromatic nitrogens is 1. The number of carbonyl (C=O) groups excluding carboxylic acids is 1. The van der Waals surface area contributed by atoms with Gasteiger partial charge < -0.3 is 15.1 Å². The Balaban J connectivity index is 1.70. The van der Waals surface area contributed by atoms with Crippen LogP contribution in [0.3, 0.4) is 0 Å². The van der Waals surface area contributed by atoms with Gasteiger partial charge in [-0.3, -0.25) is 4.79 Å². The first-order chi connectivity index (χ1) is 8.78. The molecule has 1 aliphatic rings. The number of rotatable bonds is 5. The van der Waals surface area contributed by atoms with Crippen LogP contribution in [-0.4, -0.2) is 35.0 Å². The average molecular weight is 269 g/mol. The summed E-state index contributed by atoms with van der Waals surface area (Å²) in [6.45, 7) is 3.37. The van der Waals surface area contributed by atoms with Crippen molar-refractivity contribution in [1.29, 1.82) is 0 Å². The van der Waals surface area contributed by atoms with Gasteiger partial charge in [-0.25, -0.2) is 4.98 Å². The van der Waals surface area contributed by atoms with Gasteiger partial charge in [0.1, 0.15) is 5.76 Å². The molecule has 1 fully saturated rings. The van der Waals surface area contributed by atoms with Crippen LogP contribution in [0.2, 0.25) is 0 Å². The second-order valence-electron chi connectivity index (χ2n) is 4.28. The third-order valence-corrected chi connectivity index (χ3v) is 3.95. The minimum Gasteiger partial charge on any atom is -0.444 e. The van der Waals surface area contributed by atoms with Crippen molar-refractivity contribution in [1.82, 2.24) is 15.6 Å². The maximum absolute atomic E-state index is 11.7. The van der Waals surface area contributed by atoms with Crippen LogP contribution in [0.25, 0.3) is 0 Å². The molecule has 0 bridgehead atoms. The van der Waals surface area contributed by atoms with Gasteiger partial charge >= 0.3 is 0 Å². The molecule has 2 N–H and O–H groups in total. The maximum Gasteiger partial charge on any atom is 0.222 e. The monoisotopic (exact) mass is 269 g/mol. The molecule has 2 heterocycles. The Bertz CT molecular complexity index is 388. The molecule has 0 saturated carbocycles. The van der Waals surface area contributed by atoms with E-state index in [0.717, 1.165) is 30.2 Å². The zero-order valence-corrected chi connectivity index (χ0v) is 11.4. The largest absolute Gasteiger partial charge is 0.444 e.